The quantitative estimate of drug-likeness (QED) is 0.596. The highest BCUT2D eigenvalue weighted by Gasteiger charge is 2.18. The molecule has 0 aliphatic carbocycles. The molecule has 1 amide bonds. The molecule has 2 aromatic carbocycles. The lowest BCUT2D eigenvalue weighted by Gasteiger charge is -2.27. The topological polar surface area (TPSA) is 87.2 Å². The minimum Gasteiger partial charge on any atom is -0.336 e. The summed E-state index contributed by atoms with van der Waals surface area (Å²) in [5.41, 5.74) is 2.28. The lowest BCUT2D eigenvalue weighted by Crippen LogP contribution is -2.37. The van der Waals surface area contributed by atoms with E-state index in [0.717, 1.165) is 11.1 Å². The van der Waals surface area contributed by atoms with Gasteiger partial charge in [-0.1, -0.05) is 24.3 Å². The highest BCUT2D eigenvalue weighted by atomic mass is 16.6. The predicted molar refractivity (Wildman–Crippen MR) is 93.6 cm³/mol. The number of nitrogens with zero attached hydrogens (tertiary/aromatic N) is 3. The van der Waals surface area contributed by atoms with E-state index >= 15 is 0 Å². The van der Waals surface area contributed by atoms with E-state index in [2.05, 4.69) is 6.07 Å². The summed E-state index contributed by atoms with van der Waals surface area (Å²) in [4.78, 5) is 24.6. The maximum Gasteiger partial charge on any atom is 0.269 e. The van der Waals surface area contributed by atoms with Gasteiger partial charge in [0, 0.05) is 24.7 Å². The van der Waals surface area contributed by atoms with Crippen LogP contribution in [0.1, 0.15) is 30.5 Å². The van der Waals surface area contributed by atoms with Crippen molar-refractivity contribution < 1.29 is 9.72 Å². The molecule has 0 saturated heterocycles. The van der Waals surface area contributed by atoms with Gasteiger partial charge in [-0.05, 0) is 37.1 Å². The Hall–Kier alpha value is -3.20. The van der Waals surface area contributed by atoms with Crippen molar-refractivity contribution in [3.63, 3.8) is 0 Å². The van der Waals surface area contributed by atoms with Gasteiger partial charge in [0.05, 0.1) is 23.0 Å². The first-order valence-corrected chi connectivity index (χ1v) is 7.92. The highest BCUT2D eigenvalue weighted by Crippen LogP contribution is 2.15. The van der Waals surface area contributed by atoms with Crippen LogP contribution in [0.3, 0.4) is 0 Å². The van der Waals surface area contributed by atoms with Crippen LogP contribution in [0.25, 0.3) is 0 Å². The van der Waals surface area contributed by atoms with Crippen LogP contribution in [-0.2, 0) is 17.8 Å². The maximum absolute atomic E-state index is 12.6. The van der Waals surface area contributed by atoms with Crippen LogP contribution in [0.4, 0.5) is 5.69 Å². The summed E-state index contributed by atoms with van der Waals surface area (Å²) >= 11 is 0. The van der Waals surface area contributed by atoms with Crippen LogP contribution in [0.5, 0.6) is 0 Å². The molecule has 2 aromatic rings. The lowest BCUT2D eigenvalue weighted by molar-refractivity contribution is -0.384. The number of benzene rings is 2. The number of nitriles is 1. The summed E-state index contributed by atoms with van der Waals surface area (Å²) < 4.78 is 0. The first-order valence-electron chi connectivity index (χ1n) is 7.92. The van der Waals surface area contributed by atoms with Crippen LogP contribution in [0, 0.1) is 21.4 Å². The van der Waals surface area contributed by atoms with Crippen molar-refractivity contribution in [2.75, 3.05) is 0 Å². The van der Waals surface area contributed by atoms with Crippen LogP contribution in [0.2, 0.25) is 0 Å². The van der Waals surface area contributed by atoms with Crippen LogP contribution in [0.15, 0.2) is 48.5 Å². The van der Waals surface area contributed by atoms with E-state index in [1.54, 1.807) is 29.2 Å². The van der Waals surface area contributed by atoms with Crippen molar-refractivity contribution in [3.05, 3.63) is 75.3 Å². The summed E-state index contributed by atoms with van der Waals surface area (Å²) in [7, 11) is 0. The van der Waals surface area contributed by atoms with Crippen LogP contribution < -0.4 is 0 Å². The molecule has 0 atom stereocenters. The Kier molecular flexibility index (Phi) is 5.85. The Labute approximate surface area is 146 Å². The fourth-order valence-corrected chi connectivity index (χ4v) is 2.45. The minimum atomic E-state index is -0.461. The lowest BCUT2D eigenvalue weighted by atomic mass is 10.1. The number of carbonyl (C=O) groups is 1. The van der Waals surface area contributed by atoms with Gasteiger partial charge >= 0.3 is 0 Å². The van der Waals surface area contributed by atoms with Gasteiger partial charge in [0.2, 0.25) is 5.91 Å². The summed E-state index contributed by atoms with van der Waals surface area (Å²) in [5, 5.41) is 19.5. The van der Waals surface area contributed by atoms with E-state index < -0.39 is 4.92 Å². The van der Waals surface area contributed by atoms with E-state index in [0.29, 0.717) is 12.1 Å². The number of rotatable bonds is 6. The van der Waals surface area contributed by atoms with Crippen molar-refractivity contribution in [3.8, 4) is 6.07 Å². The third-order valence-corrected chi connectivity index (χ3v) is 3.88. The largest absolute Gasteiger partial charge is 0.336 e. The van der Waals surface area contributed by atoms with Gasteiger partial charge in [-0.15, -0.1) is 0 Å². The van der Waals surface area contributed by atoms with Gasteiger partial charge < -0.3 is 4.90 Å². The fourth-order valence-electron chi connectivity index (χ4n) is 2.45. The second-order valence-electron chi connectivity index (χ2n) is 6.02. The Balaban J connectivity index is 2.09. The van der Waals surface area contributed by atoms with Crippen molar-refractivity contribution in [2.45, 2.75) is 32.9 Å². The van der Waals surface area contributed by atoms with E-state index in [1.165, 1.54) is 12.1 Å². The second-order valence-corrected chi connectivity index (χ2v) is 6.02. The molecule has 0 fully saturated rings. The number of nitro groups is 1. The molecular formula is C19H19N3O3. The average molecular weight is 337 g/mol. The van der Waals surface area contributed by atoms with E-state index in [1.807, 2.05) is 26.0 Å². The summed E-state index contributed by atoms with van der Waals surface area (Å²) in [6.45, 7) is 4.34. The maximum atomic E-state index is 12.6. The molecule has 0 aliphatic heterocycles. The number of nitro benzene ring substituents is 1. The van der Waals surface area contributed by atoms with Gasteiger partial charge in [-0.2, -0.15) is 5.26 Å². The molecule has 0 unspecified atom stereocenters. The molecule has 0 N–H and O–H groups in total. The third-order valence-electron chi connectivity index (χ3n) is 3.88. The summed E-state index contributed by atoms with van der Waals surface area (Å²) in [6, 6.07) is 15.3. The minimum absolute atomic E-state index is 0.00879. The average Bonchev–Trinajstić information content (AvgIpc) is 2.60. The molecule has 0 aliphatic rings. The van der Waals surface area contributed by atoms with Gasteiger partial charge in [0.25, 0.3) is 5.69 Å². The molecule has 128 valence electrons. The summed E-state index contributed by atoms with van der Waals surface area (Å²) in [5.74, 6) is -0.0480. The van der Waals surface area contributed by atoms with Gasteiger partial charge in [0.1, 0.15) is 0 Å². The number of carbonyl (C=O) groups excluding carboxylic acids is 1. The van der Waals surface area contributed by atoms with Crippen molar-refractivity contribution in [1.82, 2.24) is 4.90 Å². The number of hydrogen-bond acceptors (Lipinski definition) is 4. The first kappa shape index (κ1) is 18.1. The molecule has 0 bridgehead atoms. The van der Waals surface area contributed by atoms with Crippen molar-refractivity contribution in [2.24, 2.45) is 0 Å². The zero-order chi connectivity index (χ0) is 18.4. The van der Waals surface area contributed by atoms with E-state index in [9.17, 15) is 14.9 Å². The molecule has 0 saturated carbocycles. The van der Waals surface area contributed by atoms with Gasteiger partial charge in [-0.25, -0.2) is 0 Å². The molecule has 25 heavy (non-hydrogen) atoms. The molecule has 2 rings (SSSR count). The number of hydrogen-bond donors (Lipinski definition) is 0. The predicted octanol–water partition coefficient (Wildman–Crippen LogP) is 3.45. The van der Waals surface area contributed by atoms with Crippen LogP contribution in [-0.4, -0.2) is 21.8 Å². The van der Waals surface area contributed by atoms with E-state index in [4.69, 9.17) is 5.26 Å². The SMILES string of the molecule is CC(C)N(Cc1ccc(C#N)cc1)C(=O)Cc1ccc([N+](=O)[O-])cc1. The van der Waals surface area contributed by atoms with Gasteiger partial charge in [-0.3, -0.25) is 14.9 Å². The Bertz CT molecular complexity index is 790. The molecule has 0 spiro atoms. The zero-order valence-corrected chi connectivity index (χ0v) is 14.2. The first-order chi connectivity index (χ1) is 11.9. The monoisotopic (exact) mass is 337 g/mol. The Morgan fingerprint density at radius 2 is 1.68 bits per heavy atom. The standard InChI is InChI=1S/C19H19N3O3/c1-14(2)21(13-17-5-3-16(12-20)4-6-17)19(23)11-15-7-9-18(10-8-15)22(24)25/h3-10,14H,11,13H2,1-2H3. The highest BCUT2D eigenvalue weighted by molar-refractivity contribution is 5.79. The third kappa shape index (κ3) is 4.88. The van der Waals surface area contributed by atoms with Crippen molar-refractivity contribution >= 4 is 11.6 Å². The molecule has 6 nitrogen and oxygen atoms in total. The number of amides is 1. The number of non-ortho nitro benzene ring substituents is 1. The van der Waals surface area contributed by atoms with E-state index in [-0.39, 0.29) is 24.1 Å². The molecule has 0 radical (unpaired) electrons. The van der Waals surface area contributed by atoms with Crippen molar-refractivity contribution in [1.29, 1.82) is 5.26 Å². The molecule has 6 heteroatoms. The zero-order valence-electron chi connectivity index (χ0n) is 14.2. The normalized spacial score (nSPS) is 10.3. The van der Waals surface area contributed by atoms with Gasteiger partial charge in [0.15, 0.2) is 0 Å². The molecule has 0 aromatic heterocycles. The Morgan fingerprint density at radius 1 is 1.12 bits per heavy atom. The smallest absolute Gasteiger partial charge is 0.269 e. The summed E-state index contributed by atoms with van der Waals surface area (Å²) in [6.07, 6.45) is 0.187. The molecule has 0 heterocycles. The molecular weight excluding hydrogens is 318 g/mol. The fraction of sp³-hybridized carbons (Fsp3) is 0.263. The van der Waals surface area contributed by atoms with Crippen LogP contribution >= 0.6 is 0 Å². The Morgan fingerprint density at radius 3 is 2.16 bits per heavy atom. The second kappa shape index (κ2) is 8.06.